The third-order valence-electron chi connectivity index (χ3n) is 6.43. The molecule has 0 radical (unpaired) electrons. The number of benzene rings is 1. The maximum Gasteiger partial charge on any atom is 0.296 e. The molecule has 0 saturated heterocycles. The molecule has 2 aliphatic heterocycles. The van der Waals surface area contributed by atoms with Crippen molar-refractivity contribution < 1.29 is 28.6 Å². The van der Waals surface area contributed by atoms with E-state index in [1.807, 2.05) is 6.92 Å². The summed E-state index contributed by atoms with van der Waals surface area (Å²) in [5.41, 5.74) is -0.693. The summed E-state index contributed by atoms with van der Waals surface area (Å²) in [6, 6.07) is 2.84. The molecule has 2 bridgehead atoms. The Kier molecular flexibility index (Phi) is 7.34. The molecule has 2 N–H and O–H groups in total. The number of ether oxygens (including phenoxy) is 2. The van der Waals surface area contributed by atoms with Gasteiger partial charge in [-0.2, -0.15) is 0 Å². The number of carbonyl (C=O) groups excluding carboxylic acids is 2. The number of rotatable bonds is 1. The molecule has 0 spiro atoms. The van der Waals surface area contributed by atoms with Crippen LogP contribution in [0.1, 0.15) is 66.6 Å². The van der Waals surface area contributed by atoms with E-state index in [0.29, 0.717) is 24.8 Å². The number of aromatic nitrogens is 2. The lowest BCUT2D eigenvalue weighted by atomic mass is 10.1. The molecule has 2 aromatic rings. The molecule has 1 aromatic carbocycles. The second-order valence-corrected chi connectivity index (χ2v) is 8.70. The molecule has 11 heteroatoms. The summed E-state index contributed by atoms with van der Waals surface area (Å²) in [6.45, 7) is 2.42. The molecule has 4 rings (SSSR count). The highest BCUT2D eigenvalue weighted by Gasteiger charge is 2.34. The normalized spacial score (nSPS) is 21.5. The van der Waals surface area contributed by atoms with Gasteiger partial charge < -0.3 is 24.8 Å². The van der Waals surface area contributed by atoms with Crippen LogP contribution >= 0.6 is 0 Å². The fraction of sp³-hybridized carbons (Fsp3) is 0.500. The first-order valence-electron chi connectivity index (χ1n) is 11.7. The number of amides is 2. The lowest BCUT2D eigenvalue weighted by molar-refractivity contribution is -0.133. The summed E-state index contributed by atoms with van der Waals surface area (Å²) in [5, 5.41) is 13.3. The first-order valence-corrected chi connectivity index (χ1v) is 11.7. The Bertz CT molecular complexity index is 1180. The van der Waals surface area contributed by atoms with E-state index >= 15 is 0 Å². The average Bonchev–Trinajstić information content (AvgIpc) is 3.03. The number of aromatic hydroxyl groups is 1. The first-order chi connectivity index (χ1) is 16.8. The number of hydrogen-bond donors (Lipinski definition) is 2. The van der Waals surface area contributed by atoms with E-state index in [9.17, 15) is 23.9 Å². The summed E-state index contributed by atoms with van der Waals surface area (Å²) in [6.07, 6.45) is 1.85. The second kappa shape index (κ2) is 10.4. The van der Waals surface area contributed by atoms with Gasteiger partial charge in [0.15, 0.2) is 5.69 Å². The molecule has 2 amide bonds. The Morgan fingerprint density at radius 3 is 2.80 bits per heavy atom. The number of halogens is 1. The van der Waals surface area contributed by atoms with Gasteiger partial charge in [0.25, 0.3) is 11.5 Å². The van der Waals surface area contributed by atoms with E-state index in [1.165, 1.54) is 27.7 Å². The largest absolute Gasteiger partial charge is 0.501 e. The van der Waals surface area contributed by atoms with Gasteiger partial charge in [-0.3, -0.25) is 19.0 Å². The fourth-order valence-electron chi connectivity index (χ4n) is 4.32. The van der Waals surface area contributed by atoms with Crippen LogP contribution in [0.5, 0.6) is 11.5 Å². The van der Waals surface area contributed by atoms with Gasteiger partial charge >= 0.3 is 0 Å². The number of fused-ring (bicyclic) bond motifs is 2. The van der Waals surface area contributed by atoms with E-state index < -0.39 is 40.8 Å². The predicted molar refractivity (Wildman–Crippen MR) is 123 cm³/mol. The predicted octanol–water partition coefficient (Wildman–Crippen LogP) is 2.06. The van der Waals surface area contributed by atoms with E-state index in [-0.39, 0.29) is 50.3 Å². The number of nitrogens with one attached hydrogen (secondary N) is 1. The zero-order chi connectivity index (χ0) is 25.1. The lowest BCUT2D eigenvalue weighted by Crippen LogP contribution is -2.39. The Labute approximate surface area is 201 Å². The smallest absolute Gasteiger partial charge is 0.296 e. The van der Waals surface area contributed by atoms with Crippen molar-refractivity contribution >= 4 is 11.8 Å². The maximum absolute atomic E-state index is 13.8. The maximum atomic E-state index is 13.8. The molecular weight excluding hydrogens is 459 g/mol. The van der Waals surface area contributed by atoms with Gasteiger partial charge in [-0.25, -0.2) is 9.37 Å². The topological polar surface area (TPSA) is 123 Å². The van der Waals surface area contributed by atoms with Gasteiger partial charge in [-0.15, -0.1) is 0 Å². The van der Waals surface area contributed by atoms with Crippen LogP contribution in [-0.2, 0) is 16.1 Å². The number of nitrogens with zero attached hydrogens (tertiary/aromatic N) is 3. The van der Waals surface area contributed by atoms with Crippen LogP contribution in [-0.4, -0.2) is 58.2 Å². The van der Waals surface area contributed by atoms with Gasteiger partial charge in [0.2, 0.25) is 11.7 Å². The Balaban J connectivity index is 1.81. The minimum atomic E-state index is -0.781. The zero-order valence-corrected chi connectivity index (χ0v) is 19.8. The summed E-state index contributed by atoms with van der Waals surface area (Å²) in [5.74, 6) is -1.78. The van der Waals surface area contributed by atoms with E-state index in [4.69, 9.17) is 9.47 Å². The Morgan fingerprint density at radius 2 is 2.03 bits per heavy atom. The summed E-state index contributed by atoms with van der Waals surface area (Å²) >= 11 is 0. The molecule has 1 aromatic heterocycles. The van der Waals surface area contributed by atoms with Crippen LogP contribution in [0.2, 0.25) is 0 Å². The minimum absolute atomic E-state index is 0.0313. The molecule has 1 unspecified atom stereocenters. The Hall–Kier alpha value is -3.47. The van der Waals surface area contributed by atoms with Crippen LogP contribution in [0, 0.1) is 5.82 Å². The van der Waals surface area contributed by atoms with Crippen LogP contribution in [0.3, 0.4) is 0 Å². The third-order valence-corrected chi connectivity index (χ3v) is 6.43. The van der Waals surface area contributed by atoms with Gasteiger partial charge in [0.1, 0.15) is 23.4 Å². The molecule has 10 nitrogen and oxygen atoms in total. The van der Waals surface area contributed by atoms with Crippen molar-refractivity contribution in [1.82, 2.24) is 19.8 Å². The first kappa shape index (κ1) is 24.6. The van der Waals surface area contributed by atoms with Gasteiger partial charge in [0, 0.05) is 31.6 Å². The van der Waals surface area contributed by atoms with Crippen molar-refractivity contribution in [3.63, 3.8) is 0 Å². The zero-order valence-electron chi connectivity index (χ0n) is 19.8. The molecule has 2 aliphatic rings. The van der Waals surface area contributed by atoms with Crippen molar-refractivity contribution in [3.8, 4) is 11.5 Å². The van der Waals surface area contributed by atoms with Crippen molar-refractivity contribution in [1.29, 1.82) is 0 Å². The number of hydrogen-bond acceptors (Lipinski definition) is 7. The van der Waals surface area contributed by atoms with E-state index in [0.717, 1.165) is 0 Å². The molecule has 188 valence electrons. The quantitative estimate of drug-likeness (QED) is 0.630. The van der Waals surface area contributed by atoms with E-state index in [1.54, 1.807) is 7.05 Å². The van der Waals surface area contributed by atoms with Crippen molar-refractivity contribution in [2.75, 3.05) is 26.9 Å². The minimum Gasteiger partial charge on any atom is -0.501 e. The van der Waals surface area contributed by atoms with Crippen LogP contribution in [0.15, 0.2) is 23.0 Å². The standard InChI is InChI=1S/C24H29FN4O6/c1-3-16-12-34-13-17-22-27-20(21(31)24(33)29(16)22)23(32)26-11-14-7-8-15(25)10-18(14)35-9-5-4-6-19(30)28(17)2/h7-8,10,16-17,31H,3-6,9,11-13H2,1-2H3,(H,26,32)/t16-,17?/m0/s1. The van der Waals surface area contributed by atoms with Crippen LogP contribution in [0.4, 0.5) is 4.39 Å². The van der Waals surface area contributed by atoms with Gasteiger partial charge in [-0.1, -0.05) is 13.0 Å². The van der Waals surface area contributed by atoms with Gasteiger partial charge in [-0.05, 0) is 25.3 Å². The fourth-order valence-corrected chi connectivity index (χ4v) is 4.32. The molecule has 35 heavy (non-hydrogen) atoms. The van der Waals surface area contributed by atoms with Crippen LogP contribution in [0.25, 0.3) is 0 Å². The molecule has 3 heterocycles. The second-order valence-electron chi connectivity index (χ2n) is 8.70. The van der Waals surface area contributed by atoms with Gasteiger partial charge in [0.05, 0.1) is 25.9 Å². The third kappa shape index (κ3) is 5.00. The van der Waals surface area contributed by atoms with E-state index in [2.05, 4.69) is 10.3 Å². The highest BCUT2D eigenvalue weighted by molar-refractivity contribution is 5.94. The van der Waals surface area contributed by atoms with Crippen molar-refractivity contribution in [2.24, 2.45) is 0 Å². The summed E-state index contributed by atoms with van der Waals surface area (Å²) in [4.78, 5) is 45.1. The number of likely N-dealkylation sites (N-methyl/N-ethyl adjacent to an activating group) is 1. The molecule has 0 fully saturated rings. The number of carbonyl (C=O) groups is 2. The summed E-state index contributed by atoms with van der Waals surface area (Å²) < 4.78 is 26.6. The average molecular weight is 489 g/mol. The van der Waals surface area contributed by atoms with Crippen molar-refractivity contribution in [3.05, 3.63) is 51.5 Å². The SMILES string of the molecule is CC[C@H]1COCC2c3nc(c(O)c(=O)n31)C(=O)NCc1ccc(F)cc1OCCCCC(=O)N2C. The summed E-state index contributed by atoms with van der Waals surface area (Å²) in [7, 11) is 1.60. The molecular formula is C24H29FN4O6. The highest BCUT2D eigenvalue weighted by Crippen LogP contribution is 2.29. The molecule has 0 aliphatic carbocycles. The molecule has 0 saturated carbocycles. The monoisotopic (exact) mass is 488 g/mol. The highest BCUT2D eigenvalue weighted by atomic mass is 19.1. The molecule has 2 atom stereocenters. The van der Waals surface area contributed by atoms with Crippen LogP contribution < -0.4 is 15.6 Å². The lowest BCUT2D eigenvalue weighted by Gasteiger charge is -2.28. The Morgan fingerprint density at radius 1 is 1.23 bits per heavy atom. The van der Waals surface area contributed by atoms with Crippen molar-refractivity contribution in [2.45, 2.75) is 51.2 Å².